The van der Waals surface area contributed by atoms with Crippen LogP contribution in [0.5, 0.6) is 0 Å². The molecule has 0 atom stereocenters. The van der Waals surface area contributed by atoms with E-state index >= 15 is 0 Å². The molecule has 1 amide bonds. The second-order valence-corrected chi connectivity index (χ2v) is 7.15. The van der Waals surface area contributed by atoms with Crippen molar-refractivity contribution in [2.24, 2.45) is 0 Å². The van der Waals surface area contributed by atoms with Crippen LogP contribution in [-0.2, 0) is 0 Å². The average molecular weight is 427 g/mol. The van der Waals surface area contributed by atoms with Crippen molar-refractivity contribution in [1.82, 2.24) is 9.38 Å². The Morgan fingerprint density at radius 1 is 1.07 bits per heavy atom. The monoisotopic (exact) mass is 426 g/mol. The van der Waals surface area contributed by atoms with Gasteiger partial charge in [-0.1, -0.05) is 23.7 Å². The molecule has 4 aromatic rings. The van der Waals surface area contributed by atoms with Crippen LogP contribution >= 0.6 is 11.6 Å². The third-order valence-electron chi connectivity index (χ3n) is 4.52. The highest BCUT2D eigenvalue weighted by Crippen LogP contribution is 2.24. The smallest absolute Gasteiger partial charge is 0.281 e. The van der Waals surface area contributed by atoms with Crippen LogP contribution < -0.4 is 10.6 Å². The van der Waals surface area contributed by atoms with Gasteiger partial charge in [-0.25, -0.2) is 13.8 Å². The Morgan fingerprint density at radius 3 is 2.50 bits per heavy atom. The van der Waals surface area contributed by atoms with Crippen molar-refractivity contribution in [3.05, 3.63) is 88.7 Å². The number of pyridine rings is 1. The number of carbonyl (C=O) groups is 1. The highest BCUT2D eigenvalue weighted by Gasteiger charge is 2.14. The van der Waals surface area contributed by atoms with E-state index in [-0.39, 0.29) is 11.6 Å². The van der Waals surface area contributed by atoms with Crippen LogP contribution in [0.2, 0.25) is 5.02 Å². The minimum Gasteiger partial charge on any atom is -0.341 e. The Morgan fingerprint density at radius 2 is 1.80 bits per heavy atom. The molecule has 0 aliphatic rings. The summed E-state index contributed by atoms with van der Waals surface area (Å²) in [5.41, 5.74) is 2.84. The molecule has 4 rings (SSSR count). The third-order valence-corrected chi connectivity index (χ3v) is 4.83. The average Bonchev–Trinajstić information content (AvgIpc) is 3.15. The van der Waals surface area contributed by atoms with E-state index in [0.717, 1.165) is 11.3 Å². The number of aromatic nitrogens is 2. The van der Waals surface area contributed by atoms with E-state index < -0.39 is 6.43 Å². The largest absolute Gasteiger partial charge is 0.341 e. The molecule has 0 spiro atoms. The Hall–Kier alpha value is -3.45. The molecule has 0 saturated carbocycles. The first-order chi connectivity index (χ1) is 14.4. The maximum absolute atomic E-state index is 12.9. The number of aryl methyl sites for hydroxylation is 1. The van der Waals surface area contributed by atoms with Crippen molar-refractivity contribution < 1.29 is 13.6 Å². The van der Waals surface area contributed by atoms with Crippen molar-refractivity contribution in [3.8, 4) is 0 Å². The number of nitrogens with one attached hydrogen (secondary N) is 2. The summed E-state index contributed by atoms with van der Waals surface area (Å²) >= 11 is 6.15. The lowest BCUT2D eigenvalue weighted by atomic mass is 10.1. The fourth-order valence-corrected chi connectivity index (χ4v) is 3.34. The predicted octanol–water partition coefficient (Wildman–Crippen LogP) is 6.23. The van der Waals surface area contributed by atoms with Crippen LogP contribution in [0.1, 0.15) is 28.0 Å². The van der Waals surface area contributed by atoms with E-state index in [1.54, 1.807) is 59.0 Å². The van der Waals surface area contributed by atoms with Gasteiger partial charge in [0.2, 0.25) is 0 Å². The van der Waals surface area contributed by atoms with Crippen molar-refractivity contribution in [3.63, 3.8) is 0 Å². The van der Waals surface area contributed by atoms with Gasteiger partial charge in [-0.2, -0.15) is 0 Å². The number of fused-ring (bicyclic) bond motifs is 1. The van der Waals surface area contributed by atoms with Gasteiger partial charge in [-0.05, 0) is 61.0 Å². The molecule has 5 nitrogen and oxygen atoms in total. The van der Waals surface area contributed by atoms with Gasteiger partial charge in [0.1, 0.15) is 17.2 Å². The second-order valence-electron chi connectivity index (χ2n) is 6.75. The number of amides is 1. The molecule has 0 aliphatic carbocycles. The zero-order valence-corrected chi connectivity index (χ0v) is 16.6. The number of rotatable bonds is 5. The normalized spacial score (nSPS) is 11.1. The van der Waals surface area contributed by atoms with Crippen LogP contribution in [-0.4, -0.2) is 15.3 Å². The molecule has 152 valence electrons. The van der Waals surface area contributed by atoms with E-state index in [1.807, 2.05) is 13.0 Å². The summed E-state index contributed by atoms with van der Waals surface area (Å²) in [6, 6.07) is 17.4. The molecule has 0 aliphatic heterocycles. The van der Waals surface area contributed by atoms with Crippen LogP contribution in [0.3, 0.4) is 0 Å². The van der Waals surface area contributed by atoms with Crippen molar-refractivity contribution in [1.29, 1.82) is 0 Å². The van der Waals surface area contributed by atoms with Crippen LogP contribution in [0.15, 0.2) is 66.9 Å². The molecule has 0 unspecified atom stereocenters. The maximum atomic E-state index is 12.9. The SMILES string of the molecule is Cc1ccc(C(=O)Nc2ccc(Nc3cccc4nc(C(F)F)cn34)cc2)c(Cl)c1. The molecule has 30 heavy (non-hydrogen) atoms. The van der Waals surface area contributed by atoms with Gasteiger partial charge in [0, 0.05) is 17.6 Å². The molecule has 2 aromatic carbocycles. The topological polar surface area (TPSA) is 58.4 Å². The summed E-state index contributed by atoms with van der Waals surface area (Å²) in [6.45, 7) is 1.90. The first kappa shape index (κ1) is 19.8. The number of imidazole rings is 1. The fraction of sp³-hybridized carbons (Fsp3) is 0.0909. The van der Waals surface area contributed by atoms with Gasteiger partial charge in [0.05, 0.1) is 10.6 Å². The molecular formula is C22H17ClF2N4O. The molecule has 0 bridgehead atoms. The zero-order chi connectivity index (χ0) is 21.3. The quantitative estimate of drug-likeness (QED) is 0.397. The molecule has 0 fully saturated rings. The fourth-order valence-electron chi connectivity index (χ4n) is 3.02. The molecular weight excluding hydrogens is 410 g/mol. The lowest BCUT2D eigenvalue weighted by Crippen LogP contribution is -2.12. The van der Waals surface area contributed by atoms with E-state index in [2.05, 4.69) is 15.6 Å². The van der Waals surface area contributed by atoms with Gasteiger partial charge in [0.15, 0.2) is 0 Å². The van der Waals surface area contributed by atoms with E-state index in [1.165, 1.54) is 6.20 Å². The summed E-state index contributed by atoms with van der Waals surface area (Å²) in [7, 11) is 0. The molecule has 0 radical (unpaired) electrons. The predicted molar refractivity (Wildman–Crippen MR) is 114 cm³/mol. The number of halogens is 3. The maximum Gasteiger partial charge on any atom is 0.281 e. The first-order valence-corrected chi connectivity index (χ1v) is 9.49. The van der Waals surface area contributed by atoms with E-state index in [9.17, 15) is 13.6 Å². The number of alkyl halides is 2. The van der Waals surface area contributed by atoms with Crippen LogP contribution in [0, 0.1) is 6.92 Å². The lowest BCUT2D eigenvalue weighted by Gasteiger charge is -2.11. The summed E-state index contributed by atoms with van der Waals surface area (Å²) in [5, 5.41) is 6.37. The summed E-state index contributed by atoms with van der Waals surface area (Å²) in [4.78, 5) is 16.4. The van der Waals surface area contributed by atoms with Crippen molar-refractivity contribution in [2.75, 3.05) is 10.6 Å². The van der Waals surface area contributed by atoms with E-state index in [4.69, 9.17) is 11.6 Å². The Kier molecular flexibility index (Phi) is 5.37. The van der Waals surface area contributed by atoms with Gasteiger partial charge < -0.3 is 10.6 Å². The van der Waals surface area contributed by atoms with Crippen molar-refractivity contribution in [2.45, 2.75) is 13.3 Å². The number of anilines is 3. The summed E-state index contributed by atoms with van der Waals surface area (Å²) in [5.74, 6) is 0.290. The Labute approximate surface area is 176 Å². The zero-order valence-electron chi connectivity index (χ0n) is 15.9. The minimum atomic E-state index is -2.64. The first-order valence-electron chi connectivity index (χ1n) is 9.11. The van der Waals surface area contributed by atoms with Gasteiger partial charge in [0.25, 0.3) is 12.3 Å². The highest BCUT2D eigenvalue weighted by molar-refractivity contribution is 6.34. The number of benzene rings is 2. The standard InChI is InChI=1S/C22H17ClF2N4O/c1-13-5-10-16(17(23)11-13)22(30)27-15-8-6-14(7-9-15)26-19-3-2-4-20-28-18(21(24)25)12-29(19)20/h2-12,21,26H,1H3,(H,27,30). The number of hydrogen-bond donors (Lipinski definition) is 2. The summed E-state index contributed by atoms with van der Waals surface area (Å²) < 4.78 is 27.4. The number of carbonyl (C=O) groups excluding carboxylic acids is 1. The minimum absolute atomic E-state index is 0.280. The van der Waals surface area contributed by atoms with Gasteiger partial charge >= 0.3 is 0 Å². The number of hydrogen-bond acceptors (Lipinski definition) is 3. The van der Waals surface area contributed by atoms with Gasteiger partial charge in [-0.3, -0.25) is 9.20 Å². The molecule has 2 N–H and O–H groups in total. The molecule has 8 heteroatoms. The molecule has 0 saturated heterocycles. The molecule has 2 heterocycles. The van der Waals surface area contributed by atoms with Crippen LogP contribution in [0.25, 0.3) is 5.65 Å². The summed E-state index contributed by atoms with van der Waals surface area (Å²) in [6.07, 6.45) is -1.33. The van der Waals surface area contributed by atoms with Crippen molar-refractivity contribution >= 4 is 40.3 Å². The second kappa shape index (κ2) is 8.12. The number of nitrogens with zero attached hydrogens (tertiary/aromatic N) is 2. The lowest BCUT2D eigenvalue weighted by molar-refractivity contribution is 0.102. The Balaban J connectivity index is 1.50. The highest BCUT2D eigenvalue weighted by atomic mass is 35.5. The van der Waals surface area contributed by atoms with Gasteiger partial charge in [-0.15, -0.1) is 0 Å². The van der Waals surface area contributed by atoms with E-state index in [0.29, 0.717) is 27.7 Å². The Bertz CT molecular complexity index is 1220. The third kappa shape index (κ3) is 4.11. The van der Waals surface area contributed by atoms with Crippen LogP contribution in [0.4, 0.5) is 26.0 Å². The molecule has 2 aromatic heterocycles.